The molecule has 1 fully saturated rings. The van der Waals surface area contributed by atoms with E-state index in [-0.39, 0.29) is 30.6 Å². The molecule has 0 aliphatic heterocycles. The Hall–Kier alpha value is -2.50. The number of nitrogens with zero attached hydrogens (tertiary/aromatic N) is 1. The zero-order chi connectivity index (χ0) is 17.9. The van der Waals surface area contributed by atoms with Gasteiger partial charge in [-0.2, -0.15) is 0 Å². The van der Waals surface area contributed by atoms with Crippen LogP contribution in [0, 0.1) is 5.41 Å². The maximum Gasteiger partial charge on any atom is 0.429 e. The highest BCUT2D eigenvalue weighted by Crippen LogP contribution is 2.59. The minimum atomic E-state index is -0.648. The highest BCUT2D eigenvalue weighted by Gasteiger charge is 2.57. The van der Waals surface area contributed by atoms with E-state index < -0.39 is 12.2 Å². The molecule has 2 aliphatic carbocycles. The molecule has 0 radical (unpaired) electrons. The predicted octanol–water partition coefficient (Wildman–Crippen LogP) is 3.61. The summed E-state index contributed by atoms with van der Waals surface area (Å²) in [5.74, 6) is -0.00460. The minimum Gasteiger partial charge on any atom is -0.449 e. The molecule has 6 nitrogen and oxygen atoms in total. The van der Waals surface area contributed by atoms with Crippen LogP contribution in [0.25, 0.3) is 0 Å². The molecule has 2 aliphatic rings. The molecule has 1 spiro atoms. The lowest BCUT2D eigenvalue weighted by molar-refractivity contribution is 0.0415. The molecule has 2 atom stereocenters. The van der Waals surface area contributed by atoms with Crippen LogP contribution < -0.4 is 5.43 Å². The van der Waals surface area contributed by atoms with Crippen LogP contribution in [0.15, 0.2) is 42.5 Å². The van der Waals surface area contributed by atoms with Gasteiger partial charge < -0.3 is 9.47 Å². The van der Waals surface area contributed by atoms with E-state index in [1.54, 1.807) is 13.8 Å². The summed E-state index contributed by atoms with van der Waals surface area (Å²) in [6.45, 7) is 3.94. The lowest BCUT2D eigenvalue weighted by atomic mass is 9.88. The summed E-state index contributed by atoms with van der Waals surface area (Å²) in [5.41, 5.74) is 3.60. The summed E-state index contributed by atoms with van der Waals surface area (Å²) in [6, 6.07) is 9.77. The molecule has 0 aromatic heterocycles. The van der Waals surface area contributed by atoms with Crippen molar-refractivity contribution in [3.05, 3.63) is 48.0 Å². The largest absolute Gasteiger partial charge is 0.449 e. The van der Waals surface area contributed by atoms with Crippen molar-refractivity contribution >= 4 is 12.2 Å². The van der Waals surface area contributed by atoms with Crippen LogP contribution >= 0.6 is 0 Å². The van der Waals surface area contributed by atoms with Crippen molar-refractivity contribution < 1.29 is 19.1 Å². The molecule has 3 rings (SSSR count). The van der Waals surface area contributed by atoms with Gasteiger partial charge in [-0.3, -0.25) is 0 Å². The van der Waals surface area contributed by atoms with Crippen LogP contribution in [0.5, 0.6) is 0 Å². The van der Waals surface area contributed by atoms with Crippen LogP contribution in [0.4, 0.5) is 9.59 Å². The van der Waals surface area contributed by atoms with E-state index in [0.717, 1.165) is 18.4 Å². The number of benzene rings is 1. The molecule has 1 saturated carbocycles. The van der Waals surface area contributed by atoms with Gasteiger partial charge in [0.1, 0.15) is 0 Å². The molecule has 1 aromatic carbocycles. The molecule has 6 heteroatoms. The lowest BCUT2D eigenvalue weighted by Gasteiger charge is -2.35. The zero-order valence-corrected chi connectivity index (χ0v) is 14.6. The third-order valence-electron chi connectivity index (χ3n) is 4.81. The Balaban J connectivity index is 1.90. The summed E-state index contributed by atoms with van der Waals surface area (Å²) in [6.07, 6.45) is 5.07. The zero-order valence-electron chi connectivity index (χ0n) is 14.6. The maximum absolute atomic E-state index is 12.6. The van der Waals surface area contributed by atoms with Gasteiger partial charge in [-0.25, -0.2) is 20.0 Å². The average Bonchev–Trinajstić information content (AvgIpc) is 3.28. The fourth-order valence-corrected chi connectivity index (χ4v) is 3.53. The van der Waals surface area contributed by atoms with Crippen molar-refractivity contribution in [2.75, 3.05) is 13.2 Å². The fraction of sp³-hybridized carbons (Fsp3) is 0.474. The first-order valence-corrected chi connectivity index (χ1v) is 8.75. The monoisotopic (exact) mass is 344 g/mol. The van der Waals surface area contributed by atoms with Gasteiger partial charge in [0.15, 0.2) is 0 Å². The van der Waals surface area contributed by atoms with Gasteiger partial charge >= 0.3 is 12.2 Å². The van der Waals surface area contributed by atoms with Crippen molar-refractivity contribution in [1.29, 1.82) is 0 Å². The van der Waals surface area contributed by atoms with Gasteiger partial charge in [0.25, 0.3) is 0 Å². The maximum atomic E-state index is 12.6. The number of carbonyl (C=O) groups is 2. The Labute approximate surface area is 147 Å². The van der Waals surface area contributed by atoms with E-state index in [1.165, 1.54) is 5.01 Å². The van der Waals surface area contributed by atoms with Crippen molar-refractivity contribution in [3.63, 3.8) is 0 Å². The Kier molecular flexibility index (Phi) is 4.97. The Morgan fingerprint density at radius 3 is 2.44 bits per heavy atom. The van der Waals surface area contributed by atoms with Gasteiger partial charge in [0.2, 0.25) is 0 Å². The third-order valence-corrected chi connectivity index (χ3v) is 4.81. The second-order valence-corrected chi connectivity index (χ2v) is 6.37. The quantitative estimate of drug-likeness (QED) is 0.669. The van der Waals surface area contributed by atoms with E-state index >= 15 is 0 Å². The summed E-state index contributed by atoms with van der Waals surface area (Å²) >= 11 is 0. The third kappa shape index (κ3) is 3.48. The van der Waals surface area contributed by atoms with Crippen molar-refractivity contribution in [2.45, 2.75) is 38.6 Å². The standard InChI is InChI=1S/C19H24N2O4/c1-3-24-17(22)20-21(18(23)25-4-2)16-15(10-11-19(16)12-13-19)14-8-6-5-7-9-14/h5-11,15-16H,3-4,12-13H2,1-2H3,(H,20,22)/t15-,16-/m1/s1. The van der Waals surface area contributed by atoms with Gasteiger partial charge in [0.05, 0.1) is 19.3 Å². The van der Waals surface area contributed by atoms with Crippen LogP contribution in [-0.2, 0) is 9.47 Å². The number of rotatable bonds is 4. The number of hydrazine groups is 1. The topological polar surface area (TPSA) is 67.9 Å². The number of carbonyl (C=O) groups excluding carboxylic acids is 2. The first-order chi connectivity index (χ1) is 12.1. The highest BCUT2D eigenvalue weighted by molar-refractivity contribution is 5.75. The normalized spacial score (nSPS) is 22.5. The van der Waals surface area contributed by atoms with Crippen molar-refractivity contribution in [1.82, 2.24) is 10.4 Å². The molecule has 1 aromatic rings. The molecule has 25 heavy (non-hydrogen) atoms. The molecule has 0 saturated heterocycles. The first-order valence-electron chi connectivity index (χ1n) is 8.75. The lowest BCUT2D eigenvalue weighted by Crippen LogP contribution is -2.56. The van der Waals surface area contributed by atoms with Crippen molar-refractivity contribution in [2.24, 2.45) is 5.41 Å². The number of nitrogens with one attached hydrogen (secondary N) is 1. The molecule has 2 amide bonds. The predicted molar refractivity (Wildman–Crippen MR) is 92.8 cm³/mol. The van der Waals surface area contributed by atoms with Crippen LogP contribution in [0.2, 0.25) is 0 Å². The molecule has 1 N–H and O–H groups in total. The Morgan fingerprint density at radius 2 is 1.84 bits per heavy atom. The number of hydrogen-bond donors (Lipinski definition) is 1. The Morgan fingerprint density at radius 1 is 1.16 bits per heavy atom. The van der Waals surface area contributed by atoms with Crippen molar-refractivity contribution in [3.8, 4) is 0 Å². The van der Waals surface area contributed by atoms with E-state index in [4.69, 9.17) is 9.47 Å². The van der Waals surface area contributed by atoms with E-state index in [9.17, 15) is 9.59 Å². The molecule has 0 unspecified atom stereocenters. The smallest absolute Gasteiger partial charge is 0.429 e. The molecular formula is C19H24N2O4. The molecule has 0 bridgehead atoms. The first kappa shape index (κ1) is 17.3. The van der Waals surface area contributed by atoms with Crippen LogP contribution in [0.1, 0.15) is 38.2 Å². The second-order valence-electron chi connectivity index (χ2n) is 6.37. The van der Waals surface area contributed by atoms with Gasteiger partial charge in [-0.05, 0) is 32.3 Å². The Bertz CT molecular complexity index is 655. The van der Waals surface area contributed by atoms with Gasteiger partial charge in [-0.1, -0.05) is 42.5 Å². The van der Waals surface area contributed by atoms with Gasteiger partial charge in [0, 0.05) is 11.3 Å². The van der Waals surface area contributed by atoms with E-state index in [0.29, 0.717) is 0 Å². The molecular weight excluding hydrogens is 320 g/mol. The number of amides is 2. The minimum absolute atomic E-state index is 0.00460. The van der Waals surface area contributed by atoms with Gasteiger partial charge in [-0.15, -0.1) is 0 Å². The van der Waals surface area contributed by atoms with E-state index in [2.05, 4.69) is 17.6 Å². The summed E-state index contributed by atoms with van der Waals surface area (Å²) in [5, 5.41) is 1.33. The molecule has 134 valence electrons. The average molecular weight is 344 g/mol. The summed E-state index contributed by atoms with van der Waals surface area (Å²) in [4.78, 5) is 24.6. The fourth-order valence-electron chi connectivity index (χ4n) is 3.53. The highest BCUT2D eigenvalue weighted by atomic mass is 16.6. The number of ether oxygens (including phenoxy) is 2. The SMILES string of the molecule is CCOC(=O)NN(C(=O)OCC)[C@@H]1[C@@H](c2ccccc2)C=CC12CC2. The second kappa shape index (κ2) is 7.17. The number of hydrogen-bond acceptors (Lipinski definition) is 4. The molecule has 0 heterocycles. The summed E-state index contributed by atoms with van der Waals surface area (Å²) < 4.78 is 10.2. The van der Waals surface area contributed by atoms with Crippen LogP contribution in [0.3, 0.4) is 0 Å². The summed E-state index contributed by atoms with van der Waals surface area (Å²) in [7, 11) is 0. The van der Waals surface area contributed by atoms with E-state index in [1.807, 2.05) is 30.3 Å². The van der Waals surface area contributed by atoms with Crippen LogP contribution in [-0.4, -0.2) is 36.5 Å².